The fourth-order valence-electron chi connectivity index (χ4n) is 1.59. The van der Waals surface area contributed by atoms with Crippen LogP contribution >= 0.6 is 11.6 Å². The van der Waals surface area contributed by atoms with Crippen LogP contribution in [0.15, 0.2) is 24.3 Å². The zero-order valence-corrected chi connectivity index (χ0v) is 9.59. The molecule has 0 spiro atoms. The lowest BCUT2D eigenvalue weighted by Gasteiger charge is -2.12. The van der Waals surface area contributed by atoms with Gasteiger partial charge >= 0.3 is 6.09 Å². The van der Waals surface area contributed by atoms with Gasteiger partial charge in [-0.1, -0.05) is 11.6 Å². The first-order valence-electron chi connectivity index (χ1n) is 4.99. The molecule has 1 saturated heterocycles. The molecule has 1 aromatic rings. The van der Waals surface area contributed by atoms with Gasteiger partial charge in [0.25, 0.3) is 6.47 Å². The number of anilines is 1. The first-order chi connectivity index (χ1) is 8.20. The number of cyclic esters (lactones) is 1. The molecule has 1 aromatic carbocycles. The summed E-state index contributed by atoms with van der Waals surface area (Å²) >= 11 is 5.76. The van der Waals surface area contributed by atoms with Gasteiger partial charge in [0.05, 0.1) is 6.54 Å². The number of nitrogens with zero attached hydrogens (tertiary/aromatic N) is 1. The largest absolute Gasteiger partial charge is 0.464 e. The molecule has 0 saturated carbocycles. The van der Waals surface area contributed by atoms with Gasteiger partial charge in [-0.25, -0.2) is 4.79 Å². The summed E-state index contributed by atoms with van der Waals surface area (Å²) < 4.78 is 9.59. The molecule has 2 rings (SSSR count). The Labute approximate surface area is 103 Å². The Balaban J connectivity index is 2.05. The molecule has 1 heterocycles. The molecule has 1 aliphatic heterocycles. The maximum absolute atomic E-state index is 11.6. The van der Waals surface area contributed by atoms with E-state index in [9.17, 15) is 9.59 Å². The second-order valence-corrected chi connectivity index (χ2v) is 3.96. The van der Waals surface area contributed by atoms with E-state index in [1.807, 2.05) is 0 Å². The summed E-state index contributed by atoms with van der Waals surface area (Å²) in [5.74, 6) is 0. The summed E-state index contributed by atoms with van der Waals surface area (Å²) in [5.41, 5.74) is 0.702. The number of ether oxygens (including phenoxy) is 2. The number of hydrogen-bond donors (Lipinski definition) is 0. The fraction of sp³-hybridized carbons (Fsp3) is 0.273. The van der Waals surface area contributed by atoms with Crippen LogP contribution in [0.5, 0.6) is 0 Å². The third kappa shape index (κ3) is 2.68. The Morgan fingerprint density at radius 1 is 1.47 bits per heavy atom. The van der Waals surface area contributed by atoms with E-state index in [4.69, 9.17) is 16.3 Å². The lowest BCUT2D eigenvalue weighted by atomic mass is 10.3. The third-order valence-corrected chi connectivity index (χ3v) is 2.61. The van der Waals surface area contributed by atoms with E-state index in [2.05, 4.69) is 4.74 Å². The Bertz CT molecular complexity index is 420. The van der Waals surface area contributed by atoms with Crippen molar-refractivity contribution in [2.45, 2.75) is 6.10 Å². The Morgan fingerprint density at radius 2 is 2.18 bits per heavy atom. The molecule has 0 aliphatic carbocycles. The number of rotatable bonds is 4. The van der Waals surface area contributed by atoms with Gasteiger partial charge in [-0.3, -0.25) is 9.69 Å². The first-order valence-corrected chi connectivity index (χ1v) is 5.37. The molecule has 90 valence electrons. The number of benzene rings is 1. The SMILES string of the molecule is O=COCC1CN(c2ccc(Cl)cc2)C(=O)O1. The molecule has 1 unspecified atom stereocenters. The van der Waals surface area contributed by atoms with E-state index < -0.39 is 12.2 Å². The Hall–Kier alpha value is -1.75. The monoisotopic (exact) mass is 255 g/mol. The standard InChI is InChI=1S/C11H10ClNO4/c12-8-1-3-9(4-2-8)13-5-10(6-16-7-14)17-11(13)15/h1-4,7,10H,5-6H2. The Kier molecular flexibility index (Phi) is 3.49. The number of carbonyl (C=O) groups is 2. The van der Waals surface area contributed by atoms with Crippen LogP contribution in [0, 0.1) is 0 Å². The van der Waals surface area contributed by atoms with E-state index in [-0.39, 0.29) is 6.61 Å². The molecule has 0 N–H and O–H groups in total. The highest BCUT2D eigenvalue weighted by Crippen LogP contribution is 2.23. The van der Waals surface area contributed by atoms with E-state index in [0.29, 0.717) is 23.7 Å². The molecule has 1 fully saturated rings. The number of amides is 1. The van der Waals surface area contributed by atoms with Crippen molar-refractivity contribution in [3.8, 4) is 0 Å². The summed E-state index contributed by atoms with van der Waals surface area (Å²) in [7, 11) is 0. The van der Waals surface area contributed by atoms with E-state index in [1.165, 1.54) is 4.90 Å². The summed E-state index contributed by atoms with van der Waals surface area (Å²) in [6.07, 6.45) is -0.879. The minimum Gasteiger partial charge on any atom is -0.464 e. The molecule has 0 radical (unpaired) electrons. The minimum atomic E-state index is -0.452. The van der Waals surface area contributed by atoms with E-state index in [0.717, 1.165) is 0 Å². The number of hydrogen-bond acceptors (Lipinski definition) is 4. The average Bonchev–Trinajstić information content (AvgIpc) is 2.69. The van der Waals surface area contributed by atoms with Crippen LogP contribution in [0.25, 0.3) is 0 Å². The molecular weight excluding hydrogens is 246 g/mol. The second kappa shape index (κ2) is 5.05. The van der Waals surface area contributed by atoms with Crippen LogP contribution < -0.4 is 4.90 Å². The number of carbonyl (C=O) groups excluding carboxylic acids is 2. The molecule has 1 aliphatic rings. The topological polar surface area (TPSA) is 55.8 Å². The summed E-state index contributed by atoms with van der Waals surface area (Å²) in [6.45, 7) is 0.756. The minimum absolute atomic E-state index is 0.0688. The summed E-state index contributed by atoms with van der Waals surface area (Å²) in [4.78, 5) is 23.1. The smallest absolute Gasteiger partial charge is 0.414 e. The Morgan fingerprint density at radius 3 is 2.82 bits per heavy atom. The van der Waals surface area contributed by atoms with Gasteiger partial charge in [0.15, 0.2) is 6.10 Å². The quantitative estimate of drug-likeness (QED) is 0.771. The molecular formula is C11H10ClNO4. The van der Waals surface area contributed by atoms with Crippen LogP contribution in [0.4, 0.5) is 10.5 Å². The zero-order valence-electron chi connectivity index (χ0n) is 8.84. The van der Waals surface area contributed by atoms with Gasteiger partial charge in [-0.15, -0.1) is 0 Å². The maximum Gasteiger partial charge on any atom is 0.414 e. The fourth-order valence-corrected chi connectivity index (χ4v) is 1.71. The maximum atomic E-state index is 11.6. The molecule has 1 amide bonds. The normalized spacial score (nSPS) is 19.0. The van der Waals surface area contributed by atoms with Crippen molar-refractivity contribution < 1.29 is 19.1 Å². The highest BCUT2D eigenvalue weighted by molar-refractivity contribution is 6.30. The predicted molar refractivity (Wildman–Crippen MR) is 61.1 cm³/mol. The van der Waals surface area contributed by atoms with Crippen molar-refractivity contribution in [3.05, 3.63) is 29.3 Å². The van der Waals surface area contributed by atoms with Crippen LogP contribution in [0.1, 0.15) is 0 Å². The van der Waals surface area contributed by atoms with Crippen molar-refractivity contribution in [1.29, 1.82) is 0 Å². The average molecular weight is 256 g/mol. The van der Waals surface area contributed by atoms with Crippen molar-refractivity contribution >= 4 is 29.9 Å². The molecule has 17 heavy (non-hydrogen) atoms. The first kappa shape index (κ1) is 11.7. The van der Waals surface area contributed by atoms with E-state index in [1.54, 1.807) is 24.3 Å². The molecule has 0 aromatic heterocycles. The molecule has 5 nitrogen and oxygen atoms in total. The van der Waals surface area contributed by atoms with Crippen LogP contribution in [0.3, 0.4) is 0 Å². The summed E-state index contributed by atoms with van der Waals surface area (Å²) in [5, 5.41) is 0.599. The highest BCUT2D eigenvalue weighted by Gasteiger charge is 2.32. The highest BCUT2D eigenvalue weighted by atomic mass is 35.5. The second-order valence-electron chi connectivity index (χ2n) is 3.52. The van der Waals surface area contributed by atoms with Crippen molar-refractivity contribution in [2.24, 2.45) is 0 Å². The van der Waals surface area contributed by atoms with E-state index >= 15 is 0 Å². The van der Waals surface area contributed by atoms with Crippen molar-refractivity contribution in [2.75, 3.05) is 18.1 Å². The zero-order chi connectivity index (χ0) is 12.3. The van der Waals surface area contributed by atoms with Crippen LogP contribution in [-0.2, 0) is 14.3 Å². The summed E-state index contributed by atoms with van der Waals surface area (Å²) in [6, 6.07) is 6.85. The lowest BCUT2D eigenvalue weighted by molar-refractivity contribution is -0.130. The van der Waals surface area contributed by atoms with Crippen molar-refractivity contribution in [3.63, 3.8) is 0 Å². The van der Waals surface area contributed by atoms with Gasteiger partial charge < -0.3 is 9.47 Å². The number of halogens is 1. The van der Waals surface area contributed by atoms with Gasteiger partial charge in [0.1, 0.15) is 6.61 Å². The van der Waals surface area contributed by atoms with Gasteiger partial charge in [-0.05, 0) is 24.3 Å². The van der Waals surface area contributed by atoms with Gasteiger partial charge in [-0.2, -0.15) is 0 Å². The van der Waals surface area contributed by atoms with Gasteiger partial charge in [0.2, 0.25) is 0 Å². The van der Waals surface area contributed by atoms with Crippen LogP contribution in [-0.4, -0.2) is 31.8 Å². The third-order valence-electron chi connectivity index (χ3n) is 2.36. The lowest BCUT2D eigenvalue weighted by Crippen LogP contribution is -2.25. The molecule has 0 bridgehead atoms. The predicted octanol–water partition coefficient (Wildman–Crippen LogP) is 1.84. The van der Waals surface area contributed by atoms with Gasteiger partial charge in [0, 0.05) is 10.7 Å². The van der Waals surface area contributed by atoms with Crippen molar-refractivity contribution in [1.82, 2.24) is 0 Å². The molecule has 1 atom stereocenters. The molecule has 6 heteroatoms. The van der Waals surface area contributed by atoms with Crippen LogP contribution in [0.2, 0.25) is 5.02 Å².